The molecular formula is C26H29NO3. The van der Waals surface area contributed by atoms with Gasteiger partial charge >= 0.3 is 5.97 Å². The second kappa shape index (κ2) is 7.26. The number of nitrogens with zero attached hydrogens (tertiary/aromatic N) is 1. The van der Waals surface area contributed by atoms with Crippen molar-refractivity contribution < 1.29 is 14.6 Å². The van der Waals surface area contributed by atoms with Gasteiger partial charge in [-0.2, -0.15) is 0 Å². The van der Waals surface area contributed by atoms with Crippen molar-refractivity contribution in [2.24, 2.45) is 17.3 Å². The van der Waals surface area contributed by atoms with E-state index >= 15 is 0 Å². The highest BCUT2D eigenvalue weighted by molar-refractivity contribution is 5.72. The number of hydrogen-bond acceptors (Lipinski definition) is 3. The third kappa shape index (κ3) is 3.13. The molecule has 30 heavy (non-hydrogen) atoms. The number of carboxylic acids is 1. The van der Waals surface area contributed by atoms with E-state index in [1.165, 1.54) is 41.5 Å². The minimum atomic E-state index is -0.937. The summed E-state index contributed by atoms with van der Waals surface area (Å²) in [7, 11) is 0. The first kappa shape index (κ1) is 19.3. The Labute approximate surface area is 178 Å². The van der Waals surface area contributed by atoms with Crippen LogP contribution in [0.5, 0.6) is 5.75 Å². The van der Waals surface area contributed by atoms with E-state index in [1.54, 1.807) is 0 Å². The second-order valence-electron chi connectivity index (χ2n) is 9.46. The molecule has 0 aliphatic heterocycles. The number of benzene rings is 1. The van der Waals surface area contributed by atoms with Crippen LogP contribution < -0.4 is 4.74 Å². The minimum absolute atomic E-state index is 0.236. The van der Waals surface area contributed by atoms with Gasteiger partial charge in [-0.3, -0.25) is 4.98 Å². The van der Waals surface area contributed by atoms with Gasteiger partial charge in [0, 0.05) is 11.9 Å². The van der Waals surface area contributed by atoms with Crippen LogP contribution in [0.25, 0.3) is 5.57 Å². The minimum Gasteiger partial charge on any atom is -0.482 e. The van der Waals surface area contributed by atoms with Crippen LogP contribution in [0.15, 0.2) is 42.6 Å². The molecule has 4 atom stereocenters. The molecule has 1 heterocycles. The van der Waals surface area contributed by atoms with E-state index in [0.717, 1.165) is 18.5 Å². The fourth-order valence-corrected chi connectivity index (χ4v) is 6.44. The first-order chi connectivity index (χ1) is 14.5. The van der Waals surface area contributed by atoms with Crippen LogP contribution in [0, 0.1) is 24.2 Å². The van der Waals surface area contributed by atoms with Crippen molar-refractivity contribution in [1.29, 1.82) is 0 Å². The van der Waals surface area contributed by atoms with Crippen molar-refractivity contribution >= 4 is 11.5 Å². The number of carboxylic acid groups (broad SMARTS) is 1. The molecule has 1 aromatic heterocycles. The Morgan fingerprint density at radius 3 is 2.90 bits per heavy atom. The molecule has 4 nitrogen and oxygen atoms in total. The summed E-state index contributed by atoms with van der Waals surface area (Å²) in [4.78, 5) is 15.3. The van der Waals surface area contributed by atoms with E-state index in [0.29, 0.717) is 23.5 Å². The lowest BCUT2D eigenvalue weighted by Crippen LogP contribution is -2.40. The van der Waals surface area contributed by atoms with Gasteiger partial charge in [-0.25, -0.2) is 4.79 Å². The van der Waals surface area contributed by atoms with E-state index in [9.17, 15) is 4.79 Å². The average molecular weight is 404 g/mol. The van der Waals surface area contributed by atoms with Crippen LogP contribution in [0.2, 0.25) is 0 Å². The zero-order chi connectivity index (χ0) is 20.9. The number of ether oxygens (including phenoxy) is 1. The Morgan fingerprint density at radius 2 is 2.13 bits per heavy atom. The van der Waals surface area contributed by atoms with Crippen LogP contribution >= 0.6 is 0 Å². The van der Waals surface area contributed by atoms with Crippen LogP contribution in [0.1, 0.15) is 60.9 Å². The Kier molecular flexibility index (Phi) is 4.68. The highest BCUT2D eigenvalue weighted by Crippen LogP contribution is 2.63. The summed E-state index contributed by atoms with van der Waals surface area (Å²) in [5, 5.41) is 8.86. The number of aryl methyl sites for hydroxylation is 2. The molecule has 3 aliphatic rings. The Morgan fingerprint density at radius 1 is 1.27 bits per heavy atom. The van der Waals surface area contributed by atoms with E-state index in [1.807, 2.05) is 13.0 Å². The third-order valence-electron chi connectivity index (χ3n) is 7.86. The normalized spacial score (nSPS) is 29.4. The summed E-state index contributed by atoms with van der Waals surface area (Å²) in [6.45, 7) is 4.23. The zero-order valence-corrected chi connectivity index (χ0v) is 17.7. The largest absolute Gasteiger partial charge is 0.482 e. The molecular weight excluding hydrogens is 374 g/mol. The number of rotatable bonds is 4. The second-order valence-corrected chi connectivity index (χ2v) is 9.46. The molecule has 1 saturated carbocycles. The zero-order valence-electron chi connectivity index (χ0n) is 17.7. The number of carbonyl (C=O) groups is 1. The fourth-order valence-electron chi connectivity index (χ4n) is 6.44. The molecule has 1 fully saturated rings. The molecule has 4 heteroatoms. The van der Waals surface area contributed by atoms with Crippen molar-refractivity contribution in [2.45, 2.75) is 51.9 Å². The van der Waals surface area contributed by atoms with Gasteiger partial charge in [0.15, 0.2) is 6.61 Å². The van der Waals surface area contributed by atoms with Crippen molar-refractivity contribution in [3.05, 3.63) is 65.0 Å². The van der Waals surface area contributed by atoms with Crippen molar-refractivity contribution in [3.8, 4) is 5.75 Å². The summed E-state index contributed by atoms with van der Waals surface area (Å²) >= 11 is 0. The molecule has 2 aromatic rings. The van der Waals surface area contributed by atoms with E-state index < -0.39 is 5.97 Å². The van der Waals surface area contributed by atoms with Crippen LogP contribution in [-0.4, -0.2) is 22.7 Å². The summed E-state index contributed by atoms with van der Waals surface area (Å²) in [6.07, 6.45) is 10.4. The SMILES string of the molecule is Cc1ccc(C2=CC[C@H]3[C@@H]4CCc5cc(OCC(=O)O)ccc5[C@H]4CC[C@]23C)cn1. The Bertz CT molecular complexity index is 1010. The predicted octanol–water partition coefficient (Wildman–Crippen LogP) is 5.40. The molecule has 0 spiro atoms. The monoisotopic (exact) mass is 403 g/mol. The summed E-state index contributed by atoms with van der Waals surface area (Å²) in [6, 6.07) is 10.6. The van der Waals surface area contributed by atoms with Crippen LogP contribution in [0.3, 0.4) is 0 Å². The number of hydrogen-bond donors (Lipinski definition) is 1. The Balaban J connectivity index is 1.39. The van der Waals surface area contributed by atoms with Crippen LogP contribution in [0.4, 0.5) is 0 Å². The predicted molar refractivity (Wildman–Crippen MR) is 117 cm³/mol. The smallest absolute Gasteiger partial charge is 0.341 e. The third-order valence-corrected chi connectivity index (χ3v) is 7.86. The first-order valence-corrected chi connectivity index (χ1v) is 11.1. The van der Waals surface area contributed by atoms with Gasteiger partial charge in [-0.1, -0.05) is 25.1 Å². The molecule has 1 N–H and O–H groups in total. The quantitative estimate of drug-likeness (QED) is 0.742. The fraction of sp³-hybridized carbons (Fsp3) is 0.462. The van der Waals surface area contributed by atoms with Crippen molar-refractivity contribution in [3.63, 3.8) is 0 Å². The lowest BCUT2D eigenvalue weighted by molar-refractivity contribution is -0.139. The number of aromatic nitrogens is 1. The maximum atomic E-state index is 10.8. The van der Waals surface area contributed by atoms with E-state index in [2.05, 4.69) is 48.4 Å². The molecule has 5 rings (SSSR count). The van der Waals surface area contributed by atoms with E-state index in [-0.39, 0.29) is 12.0 Å². The molecule has 0 amide bonds. The summed E-state index contributed by atoms with van der Waals surface area (Å²) in [5.74, 6) is 1.72. The molecule has 0 radical (unpaired) electrons. The van der Waals surface area contributed by atoms with Gasteiger partial charge in [0.05, 0.1) is 0 Å². The maximum absolute atomic E-state index is 10.8. The number of pyridine rings is 1. The van der Waals surface area contributed by atoms with Crippen molar-refractivity contribution in [2.75, 3.05) is 6.61 Å². The molecule has 0 bridgehead atoms. The molecule has 3 aliphatic carbocycles. The topological polar surface area (TPSA) is 59.4 Å². The average Bonchev–Trinajstić information content (AvgIpc) is 3.09. The van der Waals surface area contributed by atoms with Gasteiger partial charge < -0.3 is 9.84 Å². The van der Waals surface area contributed by atoms with Gasteiger partial charge in [0.25, 0.3) is 0 Å². The van der Waals surface area contributed by atoms with Gasteiger partial charge in [-0.05, 0) is 103 Å². The number of aliphatic carboxylic acids is 1. The lowest BCUT2D eigenvalue weighted by Gasteiger charge is -2.50. The Hall–Kier alpha value is -2.62. The van der Waals surface area contributed by atoms with Gasteiger partial charge in [0.2, 0.25) is 0 Å². The lowest BCUT2D eigenvalue weighted by atomic mass is 9.54. The highest BCUT2D eigenvalue weighted by Gasteiger charge is 2.51. The highest BCUT2D eigenvalue weighted by atomic mass is 16.5. The first-order valence-electron chi connectivity index (χ1n) is 11.1. The molecule has 1 aromatic carbocycles. The maximum Gasteiger partial charge on any atom is 0.341 e. The number of allylic oxidation sites excluding steroid dienone is 2. The van der Waals surface area contributed by atoms with Crippen molar-refractivity contribution in [1.82, 2.24) is 4.98 Å². The van der Waals surface area contributed by atoms with E-state index in [4.69, 9.17) is 9.84 Å². The van der Waals surface area contributed by atoms with Crippen LogP contribution in [-0.2, 0) is 11.2 Å². The van der Waals surface area contributed by atoms with Gasteiger partial charge in [0.1, 0.15) is 5.75 Å². The molecule has 0 unspecified atom stereocenters. The number of fused-ring (bicyclic) bond motifs is 5. The molecule has 0 saturated heterocycles. The summed E-state index contributed by atoms with van der Waals surface area (Å²) in [5.41, 5.74) is 6.90. The van der Waals surface area contributed by atoms with Gasteiger partial charge in [-0.15, -0.1) is 0 Å². The summed E-state index contributed by atoms with van der Waals surface area (Å²) < 4.78 is 5.41. The standard InChI is InChI=1S/C26H29NO3/c1-16-3-4-18(14-27-16)23-9-10-24-22-7-5-17-13-19(30-15-25(28)29)6-8-20(17)21(22)11-12-26(23,24)2/h3-4,6,8-9,13-14,21-22,24H,5,7,10-12,15H2,1-2H3,(H,28,29)/t21-,22-,24+,26-/m1/s1. The molecule has 156 valence electrons.